The maximum Gasteiger partial charge on any atom is 0.123 e. The largest absolute Gasteiger partial charge is 0.465 e. The molecule has 0 atom stereocenters. The number of halogens is 1. The molecule has 2 rings (SSSR count). The third-order valence-electron chi connectivity index (χ3n) is 2.02. The van der Waals surface area contributed by atoms with Crippen molar-refractivity contribution in [3.05, 3.63) is 46.6 Å². The van der Waals surface area contributed by atoms with Gasteiger partial charge in [-0.05, 0) is 41.1 Å². The summed E-state index contributed by atoms with van der Waals surface area (Å²) in [5.41, 5.74) is 1.01. The zero-order chi connectivity index (χ0) is 10.7. The van der Waals surface area contributed by atoms with Crippen LogP contribution in [0.1, 0.15) is 11.5 Å². The number of anilines is 1. The van der Waals surface area contributed by atoms with E-state index in [1.165, 1.54) is 0 Å². The molecule has 0 saturated heterocycles. The minimum absolute atomic E-state index is 0.677. The van der Waals surface area contributed by atoms with Crippen molar-refractivity contribution in [2.75, 3.05) is 5.32 Å². The Balaban J connectivity index is 2.02. The van der Waals surface area contributed by atoms with Gasteiger partial charge in [0.2, 0.25) is 0 Å². The number of hydrogen-bond donors (Lipinski definition) is 1. The quantitative estimate of drug-likeness (QED) is 0.926. The van der Waals surface area contributed by atoms with Crippen molar-refractivity contribution in [3.63, 3.8) is 0 Å². The first-order valence-corrected chi connectivity index (χ1v) is 5.44. The monoisotopic (exact) mass is 266 g/mol. The van der Waals surface area contributed by atoms with Gasteiger partial charge >= 0.3 is 0 Å². The molecule has 0 amide bonds. The molecular formula is C11H11BrN2O. The van der Waals surface area contributed by atoms with E-state index >= 15 is 0 Å². The van der Waals surface area contributed by atoms with Gasteiger partial charge in [-0.2, -0.15) is 0 Å². The first-order valence-electron chi connectivity index (χ1n) is 4.64. The number of rotatable bonds is 3. The van der Waals surface area contributed by atoms with E-state index in [1.54, 1.807) is 12.4 Å². The number of nitrogens with one attached hydrogen (secondary N) is 1. The van der Waals surface area contributed by atoms with Crippen LogP contribution in [0.2, 0.25) is 0 Å². The third kappa shape index (κ3) is 2.59. The highest BCUT2D eigenvalue weighted by molar-refractivity contribution is 9.10. The standard InChI is InChI=1S/C11H11BrN2O/c1-8-2-3-9(15-8)6-14-11-4-5-13-7-10(11)12/h2-5,7H,6H2,1H3,(H,13,14). The number of aryl methyl sites for hydroxylation is 1. The Morgan fingerprint density at radius 3 is 2.93 bits per heavy atom. The summed E-state index contributed by atoms with van der Waals surface area (Å²) in [6, 6.07) is 5.84. The van der Waals surface area contributed by atoms with Crippen molar-refractivity contribution in [1.29, 1.82) is 0 Å². The molecule has 3 nitrogen and oxygen atoms in total. The van der Waals surface area contributed by atoms with Crippen molar-refractivity contribution in [2.24, 2.45) is 0 Å². The van der Waals surface area contributed by atoms with Gasteiger partial charge in [-0.1, -0.05) is 0 Å². The lowest BCUT2D eigenvalue weighted by Gasteiger charge is -2.05. The van der Waals surface area contributed by atoms with Crippen LogP contribution in [-0.2, 0) is 6.54 Å². The van der Waals surface area contributed by atoms with E-state index in [2.05, 4.69) is 26.2 Å². The summed E-state index contributed by atoms with van der Waals surface area (Å²) in [7, 11) is 0. The van der Waals surface area contributed by atoms with Gasteiger partial charge in [-0.3, -0.25) is 4.98 Å². The van der Waals surface area contributed by atoms with Crippen LogP contribution in [0.5, 0.6) is 0 Å². The molecule has 2 aromatic heterocycles. The molecule has 0 spiro atoms. The van der Waals surface area contributed by atoms with Crippen molar-refractivity contribution in [3.8, 4) is 0 Å². The van der Waals surface area contributed by atoms with Gasteiger partial charge in [0.1, 0.15) is 11.5 Å². The van der Waals surface area contributed by atoms with E-state index in [1.807, 2.05) is 25.1 Å². The Hall–Kier alpha value is -1.29. The first-order chi connectivity index (χ1) is 7.25. The normalized spacial score (nSPS) is 10.3. The molecule has 2 aromatic rings. The fraction of sp³-hybridized carbons (Fsp3) is 0.182. The SMILES string of the molecule is Cc1ccc(CNc2ccncc2Br)o1. The molecule has 0 saturated carbocycles. The second kappa shape index (κ2) is 4.49. The van der Waals surface area contributed by atoms with E-state index in [9.17, 15) is 0 Å². The van der Waals surface area contributed by atoms with Gasteiger partial charge in [-0.15, -0.1) is 0 Å². The summed E-state index contributed by atoms with van der Waals surface area (Å²) in [4.78, 5) is 3.99. The van der Waals surface area contributed by atoms with Crippen molar-refractivity contribution >= 4 is 21.6 Å². The number of aromatic nitrogens is 1. The Labute approximate surface area is 96.6 Å². The number of furan rings is 1. The number of nitrogens with zero attached hydrogens (tertiary/aromatic N) is 1. The molecule has 0 aliphatic heterocycles. The predicted molar refractivity (Wildman–Crippen MR) is 62.7 cm³/mol. The van der Waals surface area contributed by atoms with Crippen LogP contribution in [0, 0.1) is 6.92 Å². The molecule has 0 aromatic carbocycles. The highest BCUT2D eigenvalue weighted by Gasteiger charge is 2.01. The Morgan fingerprint density at radius 2 is 2.27 bits per heavy atom. The van der Waals surface area contributed by atoms with Gasteiger partial charge in [0.05, 0.1) is 16.7 Å². The summed E-state index contributed by atoms with van der Waals surface area (Å²) >= 11 is 3.42. The zero-order valence-electron chi connectivity index (χ0n) is 8.33. The molecule has 0 aliphatic carbocycles. The van der Waals surface area contributed by atoms with E-state index in [0.29, 0.717) is 6.54 Å². The molecule has 1 N–H and O–H groups in total. The summed E-state index contributed by atoms with van der Waals surface area (Å²) in [6.45, 7) is 2.61. The Bertz CT molecular complexity index is 453. The average molecular weight is 267 g/mol. The maximum absolute atomic E-state index is 5.45. The van der Waals surface area contributed by atoms with Crippen molar-refractivity contribution in [1.82, 2.24) is 4.98 Å². The smallest absolute Gasteiger partial charge is 0.123 e. The van der Waals surface area contributed by atoms with Crippen LogP contribution in [-0.4, -0.2) is 4.98 Å². The fourth-order valence-corrected chi connectivity index (χ4v) is 1.67. The Morgan fingerprint density at radius 1 is 1.40 bits per heavy atom. The van der Waals surface area contributed by atoms with Gasteiger partial charge in [0.15, 0.2) is 0 Å². The van der Waals surface area contributed by atoms with E-state index in [4.69, 9.17) is 4.42 Å². The van der Waals surface area contributed by atoms with Gasteiger partial charge < -0.3 is 9.73 Å². The molecule has 4 heteroatoms. The lowest BCUT2D eigenvalue weighted by Crippen LogP contribution is -1.98. The number of pyridine rings is 1. The van der Waals surface area contributed by atoms with E-state index in [0.717, 1.165) is 21.7 Å². The molecule has 0 radical (unpaired) electrons. The van der Waals surface area contributed by atoms with Crippen LogP contribution < -0.4 is 5.32 Å². The minimum Gasteiger partial charge on any atom is -0.465 e. The highest BCUT2D eigenvalue weighted by atomic mass is 79.9. The molecule has 2 heterocycles. The predicted octanol–water partition coefficient (Wildman–Crippen LogP) is 3.36. The molecule has 0 aliphatic rings. The van der Waals surface area contributed by atoms with Crippen LogP contribution in [0.15, 0.2) is 39.5 Å². The molecule has 0 unspecified atom stereocenters. The van der Waals surface area contributed by atoms with Gasteiger partial charge in [0, 0.05) is 12.4 Å². The summed E-state index contributed by atoms with van der Waals surface area (Å²) in [6.07, 6.45) is 3.51. The van der Waals surface area contributed by atoms with Crippen molar-refractivity contribution < 1.29 is 4.42 Å². The highest BCUT2D eigenvalue weighted by Crippen LogP contribution is 2.20. The Kier molecular flexibility index (Phi) is 3.06. The topological polar surface area (TPSA) is 38.1 Å². The molecule has 0 fully saturated rings. The number of hydrogen-bond acceptors (Lipinski definition) is 3. The lowest BCUT2D eigenvalue weighted by molar-refractivity contribution is 0.490. The second-order valence-corrected chi connectivity index (χ2v) is 4.08. The van der Waals surface area contributed by atoms with E-state index < -0.39 is 0 Å². The second-order valence-electron chi connectivity index (χ2n) is 3.22. The summed E-state index contributed by atoms with van der Waals surface area (Å²) < 4.78 is 6.40. The zero-order valence-corrected chi connectivity index (χ0v) is 9.91. The fourth-order valence-electron chi connectivity index (χ4n) is 1.28. The molecule has 78 valence electrons. The molecule has 15 heavy (non-hydrogen) atoms. The maximum atomic E-state index is 5.45. The molecular weight excluding hydrogens is 256 g/mol. The van der Waals surface area contributed by atoms with Gasteiger partial charge in [0.25, 0.3) is 0 Å². The summed E-state index contributed by atoms with van der Waals surface area (Å²) in [5, 5.41) is 3.26. The van der Waals surface area contributed by atoms with Crippen LogP contribution in [0.25, 0.3) is 0 Å². The van der Waals surface area contributed by atoms with Gasteiger partial charge in [-0.25, -0.2) is 0 Å². The van der Waals surface area contributed by atoms with Crippen LogP contribution >= 0.6 is 15.9 Å². The van der Waals surface area contributed by atoms with Crippen LogP contribution in [0.3, 0.4) is 0 Å². The van der Waals surface area contributed by atoms with Crippen LogP contribution in [0.4, 0.5) is 5.69 Å². The average Bonchev–Trinajstić information content (AvgIpc) is 2.63. The summed E-state index contributed by atoms with van der Waals surface area (Å²) in [5.74, 6) is 1.86. The van der Waals surface area contributed by atoms with Crippen molar-refractivity contribution in [2.45, 2.75) is 13.5 Å². The van der Waals surface area contributed by atoms with E-state index in [-0.39, 0.29) is 0 Å². The first kappa shape index (κ1) is 10.2. The minimum atomic E-state index is 0.677. The third-order valence-corrected chi connectivity index (χ3v) is 2.65. The lowest BCUT2D eigenvalue weighted by atomic mass is 10.4. The molecule has 0 bridgehead atoms.